The van der Waals surface area contributed by atoms with E-state index < -0.39 is 5.97 Å². The lowest BCUT2D eigenvalue weighted by atomic mass is 9.91. The van der Waals surface area contributed by atoms with Crippen LogP contribution in [0.3, 0.4) is 0 Å². The Morgan fingerprint density at radius 1 is 1.50 bits per heavy atom. The van der Waals surface area contributed by atoms with Crippen LogP contribution in [-0.4, -0.2) is 23.2 Å². The summed E-state index contributed by atoms with van der Waals surface area (Å²) in [5, 5.41) is 11.9. The van der Waals surface area contributed by atoms with E-state index in [1.165, 1.54) is 0 Å². The lowest BCUT2D eigenvalue weighted by Gasteiger charge is -2.31. The van der Waals surface area contributed by atoms with Crippen LogP contribution in [0.25, 0.3) is 0 Å². The zero-order valence-corrected chi connectivity index (χ0v) is 7.71. The molecule has 3 nitrogen and oxygen atoms in total. The van der Waals surface area contributed by atoms with Crippen LogP contribution in [0.2, 0.25) is 0 Å². The number of piperidine rings is 1. The summed E-state index contributed by atoms with van der Waals surface area (Å²) in [6.07, 6.45) is 2.92. The standard InChI is InChI=1S/C9H17NO2/c1-6(2)7-4-3-5-8(10-7)9(11)12/h6-8,10H,3-5H2,1-2H3,(H,11,12)/t7-,8-/m0/s1. The summed E-state index contributed by atoms with van der Waals surface area (Å²) in [4.78, 5) is 10.7. The molecular weight excluding hydrogens is 154 g/mol. The van der Waals surface area contributed by atoms with E-state index in [9.17, 15) is 4.79 Å². The van der Waals surface area contributed by atoms with E-state index in [1.807, 2.05) is 0 Å². The van der Waals surface area contributed by atoms with Gasteiger partial charge in [0.1, 0.15) is 6.04 Å². The maximum Gasteiger partial charge on any atom is 0.320 e. The van der Waals surface area contributed by atoms with E-state index in [1.54, 1.807) is 0 Å². The molecule has 2 atom stereocenters. The quantitative estimate of drug-likeness (QED) is 0.657. The zero-order valence-electron chi connectivity index (χ0n) is 7.71. The molecule has 0 aromatic rings. The molecule has 70 valence electrons. The minimum atomic E-state index is -0.708. The first kappa shape index (κ1) is 9.52. The summed E-state index contributed by atoms with van der Waals surface area (Å²) in [6, 6.07) is 0.0750. The van der Waals surface area contributed by atoms with Gasteiger partial charge in [0.15, 0.2) is 0 Å². The fraction of sp³-hybridized carbons (Fsp3) is 0.889. The summed E-state index contributed by atoms with van der Waals surface area (Å²) in [6.45, 7) is 4.25. The highest BCUT2D eigenvalue weighted by atomic mass is 16.4. The first-order valence-electron chi connectivity index (χ1n) is 4.60. The second kappa shape index (κ2) is 3.90. The SMILES string of the molecule is CC(C)[C@@H]1CCC[C@@H](C(=O)O)N1. The van der Waals surface area contributed by atoms with Gasteiger partial charge in [0, 0.05) is 6.04 Å². The summed E-state index contributed by atoms with van der Waals surface area (Å²) in [5.41, 5.74) is 0. The molecule has 0 aromatic heterocycles. The van der Waals surface area contributed by atoms with E-state index in [2.05, 4.69) is 19.2 Å². The molecule has 0 saturated carbocycles. The minimum Gasteiger partial charge on any atom is -0.480 e. The van der Waals surface area contributed by atoms with Crippen molar-refractivity contribution >= 4 is 5.97 Å². The highest BCUT2D eigenvalue weighted by Crippen LogP contribution is 2.18. The van der Waals surface area contributed by atoms with Crippen molar-refractivity contribution in [2.24, 2.45) is 5.92 Å². The Labute approximate surface area is 73.2 Å². The summed E-state index contributed by atoms with van der Waals surface area (Å²) in [7, 11) is 0. The van der Waals surface area contributed by atoms with Crippen LogP contribution >= 0.6 is 0 Å². The highest BCUT2D eigenvalue weighted by molar-refractivity contribution is 5.73. The van der Waals surface area contributed by atoms with Gasteiger partial charge in [0.05, 0.1) is 0 Å². The molecule has 1 saturated heterocycles. The van der Waals surface area contributed by atoms with Crippen molar-refractivity contribution in [1.82, 2.24) is 5.32 Å². The predicted octanol–water partition coefficient (Wildman–Crippen LogP) is 1.24. The van der Waals surface area contributed by atoms with Crippen LogP contribution in [0.1, 0.15) is 33.1 Å². The smallest absolute Gasteiger partial charge is 0.320 e. The summed E-state index contributed by atoms with van der Waals surface area (Å²) in [5.74, 6) is -0.174. The van der Waals surface area contributed by atoms with Gasteiger partial charge >= 0.3 is 5.97 Å². The van der Waals surface area contributed by atoms with E-state index in [0.717, 1.165) is 19.3 Å². The van der Waals surface area contributed by atoms with Crippen LogP contribution < -0.4 is 5.32 Å². The van der Waals surface area contributed by atoms with Gasteiger partial charge in [-0.2, -0.15) is 0 Å². The van der Waals surface area contributed by atoms with Crippen molar-refractivity contribution in [2.75, 3.05) is 0 Å². The summed E-state index contributed by atoms with van der Waals surface area (Å²) < 4.78 is 0. The fourth-order valence-electron chi connectivity index (χ4n) is 1.69. The van der Waals surface area contributed by atoms with Gasteiger partial charge in [0.25, 0.3) is 0 Å². The van der Waals surface area contributed by atoms with E-state index >= 15 is 0 Å². The molecule has 3 heteroatoms. The van der Waals surface area contributed by atoms with E-state index in [4.69, 9.17) is 5.11 Å². The molecule has 0 aliphatic carbocycles. The van der Waals surface area contributed by atoms with Gasteiger partial charge in [-0.15, -0.1) is 0 Å². The van der Waals surface area contributed by atoms with Gasteiger partial charge < -0.3 is 10.4 Å². The molecule has 0 bridgehead atoms. The highest BCUT2D eigenvalue weighted by Gasteiger charge is 2.27. The zero-order chi connectivity index (χ0) is 9.14. The number of hydrogen-bond acceptors (Lipinski definition) is 2. The van der Waals surface area contributed by atoms with Crippen molar-refractivity contribution in [3.8, 4) is 0 Å². The maximum absolute atomic E-state index is 10.7. The minimum absolute atomic E-state index is 0.314. The predicted molar refractivity (Wildman–Crippen MR) is 47.0 cm³/mol. The molecule has 0 radical (unpaired) electrons. The summed E-state index contributed by atoms with van der Waals surface area (Å²) >= 11 is 0. The molecule has 0 amide bonds. The monoisotopic (exact) mass is 171 g/mol. The van der Waals surface area contributed by atoms with Gasteiger partial charge in [-0.1, -0.05) is 13.8 Å². The fourth-order valence-corrected chi connectivity index (χ4v) is 1.69. The van der Waals surface area contributed by atoms with Gasteiger partial charge in [-0.25, -0.2) is 0 Å². The Morgan fingerprint density at radius 2 is 2.17 bits per heavy atom. The van der Waals surface area contributed by atoms with Crippen LogP contribution in [0, 0.1) is 5.92 Å². The average molecular weight is 171 g/mol. The molecule has 1 fully saturated rings. The molecule has 1 rings (SSSR count). The van der Waals surface area contributed by atoms with E-state index in [0.29, 0.717) is 12.0 Å². The number of rotatable bonds is 2. The number of carboxylic acid groups (broad SMARTS) is 1. The van der Waals surface area contributed by atoms with Crippen molar-refractivity contribution in [1.29, 1.82) is 0 Å². The first-order chi connectivity index (χ1) is 5.61. The number of hydrogen-bond donors (Lipinski definition) is 2. The van der Waals surface area contributed by atoms with Crippen molar-refractivity contribution in [3.05, 3.63) is 0 Å². The lowest BCUT2D eigenvalue weighted by molar-refractivity contribution is -0.140. The van der Waals surface area contributed by atoms with Gasteiger partial charge in [-0.3, -0.25) is 4.79 Å². The Kier molecular flexibility index (Phi) is 3.09. The normalized spacial score (nSPS) is 30.6. The third-order valence-corrected chi connectivity index (χ3v) is 2.53. The third kappa shape index (κ3) is 2.21. The van der Waals surface area contributed by atoms with Crippen LogP contribution in [0.5, 0.6) is 0 Å². The first-order valence-corrected chi connectivity index (χ1v) is 4.60. The molecule has 0 aromatic carbocycles. The topological polar surface area (TPSA) is 49.3 Å². The molecule has 1 aliphatic rings. The Balaban J connectivity index is 2.46. The number of carbonyl (C=O) groups is 1. The van der Waals surface area contributed by atoms with Crippen LogP contribution in [-0.2, 0) is 4.79 Å². The lowest BCUT2D eigenvalue weighted by Crippen LogP contribution is -2.48. The third-order valence-electron chi connectivity index (χ3n) is 2.53. The van der Waals surface area contributed by atoms with Crippen LogP contribution in [0.4, 0.5) is 0 Å². The van der Waals surface area contributed by atoms with Crippen LogP contribution in [0.15, 0.2) is 0 Å². The Hall–Kier alpha value is -0.570. The molecular formula is C9H17NO2. The van der Waals surface area contributed by atoms with Crippen molar-refractivity contribution in [3.63, 3.8) is 0 Å². The molecule has 2 N–H and O–H groups in total. The van der Waals surface area contributed by atoms with Gasteiger partial charge in [0.2, 0.25) is 0 Å². The second-order valence-electron chi connectivity index (χ2n) is 3.84. The maximum atomic E-state index is 10.7. The van der Waals surface area contributed by atoms with E-state index in [-0.39, 0.29) is 6.04 Å². The molecule has 1 heterocycles. The second-order valence-corrected chi connectivity index (χ2v) is 3.84. The van der Waals surface area contributed by atoms with Gasteiger partial charge in [-0.05, 0) is 25.2 Å². The molecule has 0 spiro atoms. The van der Waals surface area contributed by atoms with Crippen molar-refractivity contribution < 1.29 is 9.90 Å². The average Bonchev–Trinajstić information content (AvgIpc) is 2.04. The molecule has 12 heavy (non-hydrogen) atoms. The Bertz CT molecular complexity index is 168. The molecule has 1 aliphatic heterocycles. The largest absolute Gasteiger partial charge is 0.480 e. The number of nitrogens with one attached hydrogen (secondary N) is 1. The number of carboxylic acids is 1. The molecule has 0 unspecified atom stereocenters. The Morgan fingerprint density at radius 3 is 2.67 bits per heavy atom. The van der Waals surface area contributed by atoms with Crippen molar-refractivity contribution in [2.45, 2.75) is 45.2 Å². The number of aliphatic carboxylic acids is 1.